The summed E-state index contributed by atoms with van der Waals surface area (Å²) in [5.74, 6) is 1.75. The van der Waals surface area contributed by atoms with Gasteiger partial charge in [0.15, 0.2) is 0 Å². The minimum Gasteiger partial charge on any atom is -0.329 e. The molecule has 0 amide bonds. The Hall–Kier alpha value is -0.0800. The van der Waals surface area contributed by atoms with Crippen molar-refractivity contribution in [3.63, 3.8) is 0 Å². The molecule has 16 heavy (non-hydrogen) atoms. The van der Waals surface area contributed by atoms with Gasteiger partial charge in [-0.25, -0.2) is 0 Å². The van der Waals surface area contributed by atoms with Gasteiger partial charge in [-0.2, -0.15) is 0 Å². The van der Waals surface area contributed by atoms with E-state index in [0.29, 0.717) is 6.04 Å². The van der Waals surface area contributed by atoms with Crippen LogP contribution in [0.25, 0.3) is 0 Å². The summed E-state index contributed by atoms with van der Waals surface area (Å²) in [5, 5.41) is 3.77. The lowest BCUT2D eigenvalue weighted by Gasteiger charge is -2.43. The van der Waals surface area contributed by atoms with Crippen molar-refractivity contribution >= 4 is 0 Å². The lowest BCUT2D eigenvalue weighted by Crippen LogP contribution is -2.56. The van der Waals surface area contributed by atoms with E-state index in [-0.39, 0.29) is 5.54 Å². The average molecular weight is 226 g/mol. The van der Waals surface area contributed by atoms with Gasteiger partial charge in [0, 0.05) is 18.1 Å². The summed E-state index contributed by atoms with van der Waals surface area (Å²) in [4.78, 5) is 0. The van der Waals surface area contributed by atoms with Crippen molar-refractivity contribution in [2.24, 2.45) is 17.6 Å². The summed E-state index contributed by atoms with van der Waals surface area (Å²) >= 11 is 0. The van der Waals surface area contributed by atoms with Crippen molar-refractivity contribution in [3.8, 4) is 0 Å². The largest absolute Gasteiger partial charge is 0.329 e. The Morgan fingerprint density at radius 3 is 2.19 bits per heavy atom. The van der Waals surface area contributed by atoms with E-state index >= 15 is 0 Å². The first-order chi connectivity index (χ1) is 7.53. The molecule has 2 nitrogen and oxygen atoms in total. The highest BCUT2D eigenvalue weighted by Crippen LogP contribution is 2.35. The minimum atomic E-state index is 0.237. The lowest BCUT2D eigenvalue weighted by molar-refractivity contribution is 0.154. The highest BCUT2D eigenvalue weighted by Gasteiger charge is 2.35. The SMILES string of the molecule is CCC(C)NC1(CN)CCC(C(C)C)CC1. The molecule has 1 saturated carbocycles. The van der Waals surface area contributed by atoms with Gasteiger partial charge in [0.25, 0.3) is 0 Å². The summed E-state index contributed by atoms with van der Waals surface area (Å²) in [5.41, 5.74) is 6.24. The Morgan fingerprint density at radius 1 is 1.25 bits per heavy atom. The molecule has 0 saturated heterocycles. The molecule has 0 radical (unpaired) electrons. The molecule has 1 aliphatic carbocycles. The van der Waals surface area contributed by atoms with E-state index in [2.05, 4.69) is 33.0 Å². The van der Waals surface area contributed by atoms with Gasteiger partial charge in [0.05, 0.1) is 0 Å². The fourth-order valence-corrected chi connectivity index (χ4v) is 2.89. The molecule has 3 N–H and O–H groups in total. The first kappa shape index (κ1) is 14.0. The molecule has 1 unspecified atom stereocenters. The lowest BCUT2D eigenvalue weighted by atomic mass is 9.72. The number of nitrogens with one attached hydrogen (secondary N) is 1. The van der Waals surface area contributed by atoms with Gasteiger partial charge >= 0.3 is 0 Å². The third kappa shape index (κ3) is 3.46. The zero-order chi connectivity index (χ0) is 12.2. The molecule has 1 atom stereocenters. The fraction of sp³-hybridized carbons (Fsp3) is 1.00. The monoisotopic (exact) mass is 226 g/mol. The summed E-state index contributed by atoms with van der Waals surface area (Å²) in [6.07, 6.45) is 6.40. The fourth-order valence-electron chi connectivity index (χ4n) is 2.89. The number of nitrogens with two attached hydrogens (primary N) is 1. The molecule has 0 aromatic heterocycles. The smallest absolute Gasteiger partial charge is 0.0306 e. The maximum Gasteiger partial charge on any atom is 0.0306 e. The van der Waals surface area contributed by atoms with E-state index in [9.17, 15) is 0 Å². The molecule has 96 valence electrons. The Labute approximate surface area is 101 Å². The molecular formula is C14H30N2. The highest BCUT2D eigenvalue weighted by atomic mass is 15.0. The number of rotatable bonds is 5. The van der Waals surface area contributed by atoms with Gasteiger partial charge < -0.3 is 11.1 Å². The van der Waals surface area contributed by atoms with Gasteiger partial charge in [-0.3, -0.25) is 0 Å². The highest BCUT2D eigenvalue weighted by molar-refractivity contribution is 4.95. The van der Waals surface area contributed by atoms with Crippen molar-refractivity contribution in [1.82, 2.24) is 5.32 Å². The Morgan fingerprint density at radius 2 is 1.81 bits per heavy atom. The molecular weight excluding hydrogens is 196 g/mol. The van der Waals surface area contributed by atoms with E-state index in [1.165, 1.54) is 32.1 Å². The van der Waals surface area contributed by atoms with Crippen molar-refractivity contribution in [2.75, 3.05) is 6.54 Å². The number of hydrogen-bond donors (Lipinski definition) is 2. The summed E-state index contributed by atoms with van der Waals surface area (Å²) in [6.45, 7) is 10.0. The van der Waals surface area contributed by atoms with E-state index in [1.54, 1.807) is 0 Å². The van der Waals surface area contributed by atoms with Crippen molar-refractivity contribution < 1.29 is 0 Å². The number of hydrogen-bond acceptors (Lipinski definition) is 2. The molecule has 1 rings (SSSR count). The minimum absolute atomic E-state index is 0.237. The van der Waals surface area contributed by atoms with Crippen molar-refractivity contribution in [3.05, 3.63) is 0 Å². The molecule has 0 heterocycles. The summed E-state index contributed by atoms with van der Waals surface area (Å²) < 4.78 is 0. The van der Waals surface area contributed by atoms with Crippen molar-refractivity contribution in [2.45, 2.75) is 71.4 Å². The van der Waals surface area contributed by atoms with Crippen LogP contribution in [-0.4, -0.2) is 18.1 Å². The predicted molar refractivity (Wildman–Crippen MR) is 71.5 cm³/mol. The van der Waals surface area contributed by atoms with Crippen LogP contribution in [0, 0.1) is 11.8 Å². The zero-order valence-corrected chi connectivity index (χ0v) is 11.6. The van der Waals surface area contributed by atoms with Crippen LogP contribution >= 0.6 is 0 Å². The van der Waals surface area contributed by atoms with Crippen LogP contribution in [0.3, 0.4) is 0 Å². The van der Waals surface area contributed by atoms with Crippen LogP contribution in [-0.2, 0) is 0 Å². The summed E-state index contributed by atoms with van der Waals surface area (Å²) in [7, 11) is 0. The molecule has 0 spiro atoms. The second-order valence-electron chi connectivity index (χ2n) is 6.02. The Kier molecular flexibility index (Phi) is 5.26. The first-order valence-electron chi connectivity index (χ1n) is 7.00. The molecule has 1 aliphatic rings. The zero-order valence-electron chi connectivity index (χ0n) is 11.6. The van der Waals surface area contributed by atoms with Gasteiger partial charge in [0.2, 0.25) is 0 Å². The normalized spacial score (nSPS) is 33.0. The van der Waals surface area contributed by atoms with Gasteiger partial charge in [0.1, 0.15) is 0 Å². The van der Waals surface area contributed by atoms with Crippen LogP contribution in [0.5, 0.6) is 0 Å². The molecule has 0 bridgehead atoms. The third-order valence-electron chi connectivity index (χ3n) is 4.49. The molecule has 1 fully saturated rings. The maximum atomic E-state index is 6.00. The van der Waals surface area contributed by atoms with Crippen LogP contribution in [0.15, 0.2) is 0 Å². The summed E-state index contributed by atoms with van der Waals surface area (Å²) in [6, 6.07) is 0.596. The quantitative estimate of drug-likeness (QED) is 0.756. The van der Waals surface area contributed by atoms with Gasteiger partial charge in [-0.1, -0.05) is 20.8 Å². The third-order valence-corrected chi connectivity index (χ3v) is 4.49. The maximum absolute atomic E-state index is 6.00. The van der Waals surface area contributed by atoms with Gasteiger partial charge in [-0.05, 0) is 50.9 Å². The average Bonchev–Trinajstić information content (AvgIpc) is 2.29. The predicted octanol–water partition coefficient (Wildman–Crippen LogP) is 2.92. The molecule has 0 aromatic rings. The van der Waals surface area contributed by atoms with E-state index in [4.69, 9.17) is 5.73 Å². The molecule has 0 aliphatic heterocycles. The van der Waals surface area contributed by atoms with Crippen molar-refractivity contribution in [1.29, 1.82) is 0 Å². The second-order valence-corrected chi connectivity index (χ2v) is 6.02. The van der Waals surface area contributed by atoms with E-state index in [0.717, 1.165) is 18.4 Å². The van der Waals surface area contributed by atoms with Crippen LogP contribution in [0.2, 0.25) is 0 Å². The van der Waals surface area contributed by atoms with E-state index < -0.39 is 0 Å². The topological polar surface area (TPSA) is 38.0 Å². The van der Waals surface area contributed by atoms with Crippen LogP contribution in [0.4, 0.5) is 0 Å². The second kappa shape index (κ2) is 6.02. The van der Waals surface area contributed by atoms with E-state index in [1.807, 2.05) is 0 Å². The Balaban J connectivity index is 2.51. The standard InChI is InChI=1S/C14H30N2/c1-5-12(4)16-14(10-15)8-6-13(7-9-14)11(2)3/h11-13,16H,5-10,15H2,1-4H3. The van der Waals surface area contributed by atoms with Crippen LogP contribution < -0.4 is 11.1 Å². The Bertz CT molecular complexity index is 193. The molecule has 2 heteroatoms. The van der Waals surface area contributed by atoms with Gasteiger partial charge in [-0.15, -0.1) is 0 Å². The first-order valence-corrected chi connectivity index (χ1v) is 7.00. The molecule has 0 aromatic carbocycles. The van der Waals surface area contributed by atoms with Crippen LogP contribution in [0.1, 0.15) is 59.8 Å².